The minimum atomic E-state index is 0. The molecule has 0 aromatic rings. The summed E-state index contributed by atoms with van der Waals surface area (Å²) in [5.41, 5.74) is 2.44. The molecule has 0 aromatic heterocycles. The molecule has 0 radical (unpaired) electrons. The fraction of sp³-hybridized carbons (Fsp3) is 1.00. The molecular formula is C3H12N2O2. The molecule has 7 heavy (non-hydrogen) atoms. The Morgan fingerprint density at radius 3 is 2.43 bits per heavy atom. The summed E-state index contributed by atoms with van der Waals surface area (Å²) in [6.07, 6.45) is 0. The van der Waals surface area contributed by atoms with Crippen LogP contribution in [0.2, 0.25) is 0 Å². The molecule has 0 atom stereocenters. The van der Waals surface area contributed by atoms with Gasteiger partial charge in [-0.05, 0) is 0 Å². The van der Waals surface area contributed by atoms with Crippen LogP contribution in [0.25, 0.3) is 0 Å². The highest BCUT2D eigenvalue weighted by Crippen LogP contribution is 1.56. The van der Waals surface area contributed by atoms with E-state index in [2.05, 4.69) is 10.2 Å². The van der Waals surface area contributed by atoms with Crippen LogP contribution in [0.3, 0.4) is 0 Å². The molecule has 5 N–H and O–H groups in total. The Balaban J connectivity index is 0. The lowest BCUT2D eigenvalue weighted by atomic mass is 10.7. The van der Waals surface area contributed by atoms with E-state index in [9.17, 15) is 0 Å². The van der Waals surface area contributed by atoms with Crippen LogP contribution in [0.4, 0.5) is 0 Å². The average Bonchev–Trinajstić information content (AvgIpc) is 1.61. The van der Waals surface area contributed by atoms with Gasteiger partial charge in [0, 0.05) is 13.7 Å². The summed E-state index contributed by atoms with van der Waals surface area (Å²) in [5, 5.41) is 0. The van der Waals surface area contributed by atoms with Crippen molar-refractivity contribution in [2.45, 2.75) is 0 Å². The van der Waals surface area contributed by atoms with Crippen molar-refractivity contribution < 1.29 is 10.2 Å². The zero-order valence-corrected chi connectivity index (χ0v) is 4.40. The van der Waals surface area contributed by atoms with Gasteiger partial charge in [0.15, 0.2) is 0 Å². The summed E-state index contributed by atoms with van der Waals surface area (Å²) in [6, 6.07) is 0. The van der Waals surface area contributed by atoms with E-state index in [1.165, 1.54) is 0 Å². The minimum absolute atomic E-state index is 0. The Morgan fingerprint density at radius 1 is 1.71 bits per heavy atom. The number of nitrogens with two attached hydrogens (primary N) is 1. The molecule has 46 valence electrons. The molecule has 0 aliphatic carbocycles. The van der Waals surface area contributed by atoms with E-state index in [1.54, 1.807) is 7.11 Å². The molecule has 0 saturated heterocycles. The lowest BCUT2D eigenvalue weighted by Crippen LogP contribution is -2.25. The fourth-order valence-electron chi connectivity index (χ4n) is 0.161. The van der Waals surface area contributed by atoms with Gasteiger partial charge in [0.25, 0.3) is 0 Å². The largest absolute Gasteiger partial charge is 0.412 e. The third-order valence-corrected chi connectivity index (χ3v) is 0.451. The van der Waals surface area contributed by atoms with Crippen molar-refractivity contribution in [3.8, 4) is 0 Å². The van der Waals surface area contributed by atoms with Crippen LogP contribution in [-0.4, -0.2) is 25.7 Å². The molecule has 0 aliphatic rings. The number of nitrogens with one attached hydrogen (secondary N) is 1. The number of hydrogen-bond donors (Lipinski definition) is 2. The SMILES string of the molecule is COCCNN.O. The number of hydrazine groups is 1. The van der Waals surface area contributed by atoms with Crippen LogP contribution < -0.4 is 11.3 Å². The Kier molecular flexibility index (Phi) is 13.2. The molecule has 0 amide bonds. The second-order valence-corrected chi connectivity index (χ2v) is 0.947. The van der Waals surface area contributed by atoms with Crippen molar-refractivity contribution in [3.05, 3.63) is 0 Å². The van der Waals surface area contributed by atoms with Crippen LogP contribution in [0, 0.1) is 0 Å². The van der Waals surface area contributed by atoms with E-state index in [0.717, 1.165) is 6.54 Å². The summed E-state index contributed by atoms with van der Waals surface area (Å²) < 4.78 is 4.64. The predicted molar refractivity (Wildman–Crippen MR) is 27.7 cm³/mol. The van der Waals surface area contributed by atoms with Crippen LogP contribution >= 0.6 is 0 Å². The predicted octanol–water partition coefficient (Wildman–Crippen LogP) is -1.73. The smallest absolute Gasteiger partial charge is 0.0601 e. The maximum absolute atomic E-state index is 4.88. The van der Waals surface area contributed by atoms with Crippen LogP contribution in [-0.2, 0) is 4.74 Å². The summed E-state index contributed by atoms with van der Waals surface area (Å²) in [7, 11) is 1.64. The van der Waals surface area contributed by atoms with Crippen molar-refractivity contribution >= 4 is 0 Å². The van der Waals surface area contributed by atoms with Crippen molar-refractivity contribution in [1.82, 2.24) is 5.43 Å². The van der Waals surface area contributed by atoms with E-state index in [1.807, 2.05) is 0 Å². The van der Waals surface area contributed by atoms with Gasteiger partial charge >= 0.3 is 0 Å². The van der Waals surface area contributed by atoms with Gasteiger partial charge in [-0.1, -0.05) is 0 Å². The monoisotopic (exact) mass is 108 g/mol. The molecule has 0 saturated carbocycles. The molecule has 0 bridgehead atoms. The van der Waals surface area contributed by atoms with Crippen molar-refractivity contribution in [2.75, 3.05) is 20.3 Å². The van der Waals surface area contributed by atoms with Crippen LogP contribution in [0.1, 0.15) is 0 Å². The fourth-order valence-corrected chi connectivity index (χ4v) is 0.161. The average molecular weight is 108 g/mol. The van der Waals surface area contributed by atoms with Gasteiger partial charge in [-0.25, -0.2) is 0 Å². The lowest BCUT2D eigenvalue weighted by molar-refractivity contribution is 0.200. The highest BCUT2D eigenvalue weighted by molar-refractivity contribution is 4.27. The first-order valence-corrected chi connectivity index (χ1v) is 1.84. The van der Waals surface area contributed by atoms with Crippen LogP contribution in [0.5, 0.6) is 0 Å². The van der Waals surface area contributed by atoms with Gasteiger partial charge in [-0.3, -0.25) is 11.3 Å². The van der Waals surface area contributed by atoms with Crippen molar-refractivity contribution in [1.29, 1.82) is 0 Å². The third-order valence-electron chi connectivity index (χ3n) is 0.451. The maximum atomic E-state index is 4.88. The molecule has 0 aromatic carbocycles. The van der Waals surface area contributed by atoms with Gasteiger partial charge in [0.2, 0.25) is 0 Å². The maximum Gasteiger partial charge on any atom is 0.0601 e. The van der Waals surface area contributed by atoms with Crippen LogP contribution in [0.15, 0.2) is 0 Å². The number of methoxy groups -OCH3 is 1. The van der Waals surface area contributed by atoms with Crippen molar-refractivity contribution in [3.63, 3.8) is 0 Å². The van der Waals surface area contributed by atoms with E-state index < -0.39 is 0 Å². The molecular weight excluding hydrogens is 96.0 g/mol. The molecule has 0 fully saturated rings. The quantitative estimate of drug-likeness (QED) is 0.256. The molecule has 0 spiro atoms. The highest BCUT2D eigenvalue weighted by atomic mass is 16.5. The normalized spacial score (nSPS) is 7.71. The zero-order chi connectivity index (χ0) is 4.83. The highest BCUT2D eigenvalue weighted by Gasteiger charge is 1.72. The van der Waals surface area contributed by atoms with Gasteiger partial charge in [0.05, 0.1) is 6.61 Å². The van der Waals surface area contributed by atoms with E-state index >= 15 is 0 Å². The molecule has 4 nitrogen and oxygen atoms in total. The number of ether oxygens (including phenoxy) is 1. The van der Waals surface area contributed by atoms with Gasteiger partial charge in [-0.2, -0.15) is 0 Å². The Morgan fingerprint density at radius 2 is 2.29 bits per heavy atom. The summed E-state index contributed by atoms with van der Waals surface area (Å²) in [5.74, 6) is 4.88. The van der Waals surface area contributed by atoms with Gasteiger partial charge < -0.3 is 10.2 Å². The first kappa shape index (κ1) is 9.96. The Labute approximate surface area is 42.9 Å². The van der Waals surface area contributed by atoms with Gasteiger partial charge in [0.1, 0.15) is 0 Å². The Bertz CT molecular complexity index is 22.9. The molecule has 0 heterocycles. The number of hydrogen-bond acceptors (Lipinski definition) is 3. The van der Waals surface area contributed by atoms with Crippen molar-refractivity contribution in [2.24, 2.45) is 5.84 Å². The van der Waals surface area contributed by atoms with Gasteiger partial charge in [-0.15, -0.1) is 0 Å². The molecule has 0 aliphatic heterocycles. The first-order valence-electron chi connectivity index (χ1n) is 1.84. The summed E-state index contributed by atoms with van der Waals surface area (Å²) in [4.78, 5) is 0. The number of rotatable bonds is 3. The second-order valence-electron chi connectivity index (χ2n) is 0.947. The van der Waals surface area contributed by atoms with E-state index in [4.69, 9.17) is 5.84 Å². The summed E-state index contributed by atoms with van der Waals surface area (Å²) >= 11 is 0. The zero-order valence-electron chi connectivity index (χ0n) is 4.40. The standard InChI is InChI=1S/C3H10N2O.H2O/c1-6-3-2-5-4;/h5H,2-4H2,1H3;1H2. The topological polar surface area (TPSA) is 78.8 Å². The molecule has 0 rings (SSSR count). The second kappa shape index (κ2) is 9.28. The Hall–Kier alpha value is -0.160. The summed E-state index contributed by atoms with van der Waals surface area (Å²) in [6.45, 7) is 1.40. The third kappa shape index (κ3) is 10.7. The minimum Gasteiger partial charge on any atom is -0.412 e. The first-order chi connectivity index (χ1) is 2.91. The van der Waals surface area contributed by atoms with E-state index in [-0.39, 0.29) is 5.48 Å². The van der Waals surface area contributed by atoms with E-state index in [0.29, 0.717) is 6.61 Å². The molecule has 0 unspecified atom stereocenters. The lowest BCUT2D eigenvalue weighted by Gasteiger charge is -1.92. The molecule has 4 heteroatoms.